The Morgan fingerprint density at radius 2 is 2.12 bits per heavy atom. The molecule has 3 N–H and O–H groups in total. The Morgan fingerprint density at radius 1 is 1.50 bits per heavy atom. The number of hydrogen-bond donors (Lipinski definition) is 2. The first-order valence-corrected chi connectivity index (χ1v) is 6.12. The fourth-order valence-corrected chi connectivity index (χ4v) is 2.14. The van der Waals surface area contributed by atoms with Crippen LogP contribution in [0.25, 0.3) is 0 Å². The highest BCUT2D eigenvalue weighted by Gasteiger charge is 2.18. The lowest BCUT2D eigenvalue weighted by Crippen LogP contribution is -2.26. The summed E-state index contributed by atoms with van der Waals surface area (Å²) >= 11 is 9.29. The van der Waals surface area contributed by atoms with E-state index in [0.29, 0.717) is 11.4 Å². The van der Waals surface area contributed by atoms with Gasteiger partial charge in [0, 0.05) is 9.50 Å². The zero-order valence-electron chi connectivity index (χ0n) is 8.99. The molecule has 0 heterocycles. The van der Waals surface area contributed by atoms with Gasteiger partial charge in [0.05, 0.1) is 12.1 Å². The molecule has 0 saturated carbocycles. The van der Waals surface area contributed by atoms with E-state index in [1.165, 1.54) is 0 Å². The van der Waals surface area contributed by atoms with Crippen LogP contribution in [0.5, 0.6) is 0 Å². The first-order chi connectivity index (χ1) is 7.06. The summed E-state index contributed by atoms with van der Waals surface area (Å²) in [4.78, 5) is 0. The highest BCUT2D eigenvalue weighted by molar-refractivity contribution is 9.10. The average Bonchev–Trinajstić information content (AvgIpc) is 2.21. The third-order valence-corrected chi connectivity index (χ3v) is 3.27. The molecule has 2 nitrogen and oxygen atoms in total. The van der Waals surface area contributed by atoms with E-state index in [4.69, 9.17) is 17.3 Å². The number of halogens is 3. The molecule has 0 bridgehead atoms. The van der Waals surface area contributed by atoms with E-state index in [0.717, 1.165) is 16.5 Å². The zero-order valence-corrected chi connectivity index (χ0v) is 12.1. The Morgan fingerprint density at radius 3 is 2.69 bits per heavy atom. The van der Waals surface area contributed by atoms with Crippen LogP contribution < -0.4 is 5.73 Å². The smallest absolute Gasteiger partial charge is 0.0733 e. The Bertz CT molecular complexity index is 336. The standard InChI is InChI=1S/C11H15BrClNO.ClH/c1-2-3-10(15)11(14)8-6-7(13)4-5-9(8)12;/h4-6,10-11,15H,2-3,14H2,1H3;1H/t10-,11+;/m1./s1. The second kappa shape index (κ2) is 7.51. The van der Waals surface area contributed by atoms with Crippen LogP contribution in [0.3, 0.4) is 0 Å². The lowest BCUT2D eigenvalue weighted by atomic mass is 9.99. The summed E-state index contributed by atoms with van der Waals surface area (Å²) in [6.45, 7) is 2.02. The van der Waals surface area contributed by atoms with E-state index in [1.807, 2.05) is 13.0 Å². The fraction of sp³-hybridized carbons (Fsp3) is 0.455. The maximum absolute atomic E-state index is 9.80. The predicted octanol–water partition coefficient (Wildman–Crippen LogP) is 3.69. The van der Waals surface area contributed by atoms with Gasteiger partial charge in [0.2, 0.25) is 0 Å². The highest BCUT2D eigenvalue weighted by Crippen LogP contribution is 2.28. The van der Waals surface area contributed by atoms with Crippen molar-refractivity contribution in [1.29, 1.82) is 0 Å². The van der Waals surface area contributed by atoms with Crippen molar-refractivity contribution < 1.29 is 5.11 Å². The maximum atomic E-state index is 9.80. The number of benzene rings is 1. The first kappa shape index (κ1) is 16.2. The van der Waals surface area contributed by atoms with E-state index in [2.05, 4.69) is 15.9 Å². The van der Waals surface area contributed by atoms with Gasteiger partial charge in [0.25, 0.3) is 0 Å². The van der Waals surface area contributed by atoms with Gasteiger partial charge >= 0.3 is 0 Å². The molecule has 16 heavy (non-hydrogen) atoms. The van der Waals surface area contributed by atoms with Crippen LogP contribution in [0.2, 0.25) is 5.02 Å². The van der Waals surface area contributed by atoms with Crippen LogP contribution >= 0.6 is 39.9 Å². The van der Waals surface area contributed by atoms with E-state index in [-0.39, 0.29) is 12.4 Å². The largest absolute Gasteiger partial charge is 0.391 e. The molecule has 0 radical (unpaired) electrons. The van der Waals surface area contributed by atoms with Crippen molar-refractivity contribution in [2.45, 2.75) is 31.9 Å². The number of aliphatic hydroxyl groups is 1. The van der Waals surface area contributed by atoms with Crippen molar-refractivity contribution in [3.63, 3.8) is 0 Å². The molecule has 1 aromatic carbocycles. The van der Waals surface area contributed by atoms with Gasteiger partial charge in [-0.15, -0.1) is 12.4 Å². The quantitative estimate of drug-likeness (QED) is 0.885. The predicted molar refractivity (Wildman–Crippen MR) is 74.2 cm³/mol. The van der Waals surface area contributed by atoms with Crippen molar-refractivity contribution in [1.82, 2.24) is 0 Å². The van der Waals surface area contributed by atoms with Crippen LogP contribution in [0.15, 0.2) is 22.7 Å². The molecule has 92 valence electrons. The Kier molecular flexibility index (Phi) is 7.61. The van der Waals surface area contributed by atoms with Gasteiger partial charge < -0.3 is 10.8 Å². The summed E-state index contributed by atoms with van der Waals surface area (Å²) < 4.78 is 0.884. The topological polar surface area (TPSA) is 46.2 Å². The van der Waals surface area contributed by atoms with E-state index in [9.17, 15) is 5.11 Å². The minimum atomic E-state index is -0.523. The second-order valence-corrected chi connectivity index (χ2v) is 4.84. The molecule has 0 spiro atoms. The van der Waals surface area contributed by atoms with Gasteiger partial charge in [-0.1, -0.05) is 40.9 Å². The summed E-state index contributed by atoms with van der Waals surface area (Å²) in [5, 5.41) is 10.4. The molecule has 5 heteroatoms. The molecule has 0 amide bonds. The van der Waals surface area contributed by atoms with Crippen molar-refractivity contribution in [2.24, 2.45) is 5.73 Å². The van der Waals surface area contributed by atoms with Crippen molar-refractivity contribution in [3.8, 4) is 0 Å². The third kappa shape index (κ3) is 4.22. The minimum Gasteiger partial charge on any atom is -0.391 e. The summed E-state index contributed by atoms with van der Waals surface area (Å²) in [6.07, 6.45) is 1.08. The van der Waals surface area contributed by atoms with Gasteiger partial charge in [-0.05, 0) is 30.2 Å². The number of rotatable bonds is 4. The van der Waals surface area contributed by atoms with E-state index < -0.39 is 12.1 Å². The average molecular weight is 329 g/mol. The Balaban J connectivity index is 0.00000225. The highest BCUT2D eigenvalue weighted by atomic mass is 79.9. The normalized spacial score (nSPS) is 14.1. The molecule has 0 aliphatic heterocycles. The van der Waals surface area contributed by atoms with Crippen LogP contribution in [0, 0.1) is 0 Å². The van der Waals surface area contributed by atoms with Gasteiger partial charge in [-0.2, -0.15) is 0 Å². The lowest BCUT2D eigenvalue weighted by molar-refractivity contribution is 0.134. The van der Waals surface area contributed by atoms with E-state index >= 15 is 0 Å². The van der Waals surface area contributed by atoms with Gasteiger partial charge in [0.1, 0.15) is 0 Å². The molecule has 0 fully saturated rings. The fourth-order valence-electron chi connectivity index (χ4n) is 1.45. The Labute approximate surface area is 116 Å². The molecule has 0 unspecified atom stereocenters. The molecule has 0 aromatic heterocycles. The summed E-state index contributed by atoms with van der Waals surface area (Å²) in [5.41, 5.74) is 6.81. The molecule has 0 aliphatic carbocycles. The monoisotopic (exact) mass is 327 g/mol. The molecule has 1 rings (SSSR count). The number of aliphatic hydroxyl groups excluding tert-OH is 1. The van der Waals surface area contributed by atoms with Crippen LogP contribution in [0.1, 0.15) is 31.4 Å². The van der Waals surface area contributed by atoms with Crippen LogP contribution in [0.4, 0.5) is 0 Å². The molecule has 1 aromatic rings. The SMILES string of the molecule is CCC[C@@H](O)[C@@H](N)c1cc(Cl)ccc1Br.Cl. The number of hydrogen-bond acceptors (Lipinski definition) is 2. The summed E-state index contributed by atoms with van der Waals surface area (Å²) in [6, 6.07) is 5.03. The van der Waals surface area contributed by atoms with Gasteiger partial charge in [-0.3, -0.25) is 0 Å². The molecular weight excluding hydrogens is 313 g/mol. The third-order valence-electron chi connectivity index (χ3n) is 2.32. The molecular formula is C11H16BrCl2NO. The van der Waals surface area contributed by atoms with Gasteiger partial charge in [0.15, 0.2) is 0 Å². The second-order valence-electron chi connectivity index (χ2n) is 3.55. The zero-order chi connectivity index (χ0) is 11.4. The summed E-state index contributed by atoms with van der Waals surface area (Å²) in [7, 11) is 0. The number of nitrogens with two attached hydrogens (primary N) is 1. The summed E-state index contributed by atoms with van der Waals surface area (Å²) in [5.74, 6) is 0. The molecule has 0 aliphatic rings. The van der Waals surface area contributed by atoms with Crippen molar-refractivity contribution in [2.75, 3.05) is 0 Å². The maximum Gasteiger partial charge on any atom is 0.0733 e. The van der Waals surface area contributed by atoms with Crippen molar-refractivity contribution >= 4 is 39.9 Å². The van der Waals surface area contributed by atoms with Crippen LogP contribution in [-0.4, -0.2) is 11.2 Å². The van der Waals surface area contributed by atoms with Crippen molar-refractivity contribution in [3.05, 3.63) is 33.3 Å². The van der Waals surface area contributed by atoms with Gasteiger partial charge in [-0.25, -0.2) is 0 Å². The Hall–Kier alpha value is 0.200. The van der Waals surface area contributed by atoms with Crippen LogP contribution in [-0.2, 0) is 0 Å². The van der Waals surface area contributed by atoms with E-state index in [1.54, 1.807) is 12.1 Å². The molecule has 0 saturated heterocycles. The lowest BCUT2D eigenvalue weighted by Gasteiger charge is -2.20. The molecule has 2 atom stereocenters. The first-order valence-electron chi connectivity index (χ1n) is 4.94. The minimum absolute atomic E-state index is 0.